The SMILES string of the molecule is CC[C@H](C)[C@H]1CC(=O)N[C@@H](C)CC(=O)N[C@H](CC(=O)N[C@@H](CC(=O)O)CC(C)C)COC/C=C/COC[C@H](NC(=O)C[C@@H](NC(C)=O)C(C)C)CC(=O)N1. The second-order valence-electron chi connectivity index (χ2n) is 15.2. The number of carbonyl (C=O) groups excluding carboxylic acids is 6. The summed E-state index contributed by atoms with van der Waals surface area (Å²) in [5, 5.41) is 26.3. The molecule has 0 saturated carbocycles. The molecule has 0 aromatic carbocycles. The van der Waals surface area contributed by atoms with E-state index in [2.05, 4.69) is 31.9 Å². The highest BCUT2D eigenvalue weighted by Gasteiger charge is 2.27. The average Bonchev–Trinajstić information content (AvgIpc) is 3.03. The first-order chi connectivity index (χ1) is 25.4. The Morgan fingerprint density at radius 1 is 0.833 bits per heavy atom. The van der Waals surface area contributed by atoms with E-state index in [0.717, 1.165) is 0 Å². The Hall–Kier alpha value is -4.05. The molecule has 0 aromatic rings. The number of carboxylic acids is 1. The van der Waals surface area contributed by atoms with Crippen LogP contribution in [-0.2, 0) is 43.0 Å². The monoisotopic (exact) mass is 766 g/mol. The van der Waals surface area contributed by atoms with E-state index in [4.69, 9.17) is 9.47 Å². The van der Waals surface area contributed by atoms with Gasteiger partial charge in [-0.15, -0.1) is 0 Å². The summed E-state index contributed by atoms with van der Waals surface area (Å²) in [6, 6.07) is -3.51. The summed E-state index contributed by atoms with van der Waals surface area (Å²) in [5.41, 5.74) is 0. The van der Waals surface area contributed by atoms with Crippen molar-refractivity contribution in [2.45, 2.75) is 143 Å². The first kappa shape index (κ1) is 48.0. The molecular formula is C38H66N6O10. The molecule has 308 valence electrons. The van der Waals surface area contributed by atoms with E-state index >= 15 is 0 Å². The number of nitrogens with one attached hydrogen (secondary N) is 6. The Balaban J connectivity index is 3.17. The maximum Gasteiger partial charge on any atom is 0.305 e. The minimum Gasteiger partial charge on any atom is -0.481 e. The first-order valence-electron chi connectivity index (χ1n) is 19.1. The summed E-state index contributed by atoms with van der Waals surface area (Å²) >= 11 is 0. The van der Waals surface area contributed by atoms with Crippen molar-refractivity contribution in [3.05, 3.63) is 12.2 Å². The van der Waals surface area contributed by atoms with E-state index in [1.54, 1.807) is 19.1 Å². The van der Waals surface area contributed by atoms with Gasteiger partial charge in [-0.3, -0.25) is 33.6 Å². The zero-order chi connectivity index (χ0) is 40.8. The highest BCUT2D eigenvalue weighted by Crippen LogP contribution is 2.14. The lowest BCUT2D eigenvalue weighted by atomic mass is 9.95. The molecule has 16 nitrogen and oxygen atoms in total. The fourth-order valence-electron chi connectivity index (χ4n) is 6.00. The van der Waals surface area contributed by atoms with Gasteiger partial charge in [0.15, 0.2) is 0 Å². The summed E-state index contributed by atoms with van der Waals surface area (Å²) in [5.74, 6) is -3.14. The van der Waals surface area contributed by atoms with E-state index in [1.807, 2.05) is 41.5 Å². The molecular weight excluding hydrogens is 700 g/mol. The summed E-state index contributed by atoms with van der Waals surface area (Å²) < 4.78 is 11.5. The molecule has 1 heterocycles. The summed E-state index contributed by atoms with van der Waals surface area (Å²) in [4.78, 5) is 88.7. The van der Waals surface area contributed by atoms with Crippen molar-refractivity contribution in [1.82, 2.24) is 31.9 Å². The van der Waals surface area contributed by atoms with Gasteiger partial charge in [0.05, 0.1) is 44.9 Å². The number of amides is 6. The molecule has 1 rings (SSSR count). The summed E-state index contributed by atoms with van der Waals surface area (Å²) in [7, 11) is 0. The smallest absolute Gasteiger partial charge is 0.305 e. The van der Waals surface area contributed by atoms with Crippen LogP contribution in [0, 0.1) is 17.8 Å². The molecule has 54 heavy (non-hydrogen) atoms. The molecule has 6 amide bonds. The highest BCUT2D eigenvalue weighted by molar-refractivity contribution is 5.83. The van der Waals surface area contributed by atoms with Gasteiger partial charge in [-0.25, -0.2) is 0 Å². The number of ether oxygens (including phenoxy) is 2. The Bertz CT molecular complexity index is 1260. The molecule has 0 aromatic heterocycles. The Labute approximate surface area is 320 Å². The molecule has 0 aliphatic carbocycles. The van der Waals surface area contributed by atoms with Crippen molar-refractivity contribution in [3.63, 3.8) is 0 Å². The second kappa shape index (κ2) is 25.9. The average molecular weight is 767 g/mol. The fourth-order valence-corrected chi connectivity index (χ4v) is 6.00. The topological polar surface area (TPSA) is 230 Å². The molecule has 16 heteroatoms. The van der Waals surface area contributed by atoms with E-state index in [-0.39, 0.29) is 106 Å². The van der Waals surface area contributed by atoms with Gasteiger partial charge >= 0.3 is 5.97 Å². The zero-order valence-corrected chi connectivity index (χ0v) is 33.5. The lowest BCUT2D eigenvalue weighted by molar-refractivity contribution is -0.138. The quantitative estimate of drug-likeness (QED) is 0.127. The van der Waals surface area contributed by atoms with Gasteiger partial charge in [0.2, 0.25) is 35.4 Å². The van der Waals surface area contributed by atoms with Gasteiger partial charge < -0.3 is 46.5 Å². The third-order valence-corrected chi connectivity index (χ3v) is 8.95. The van der Waals surface area contributed by atoms with Crippen molar-refractivity contribution >= 4 is 41.4 Å². The number of hydrogen-bond acceptors (Lipinski definition) is 9. The van der Waals surface area contributed by atoms with Crippen molar-refractivity contribution in [2.75, 3.05) is 26.4 Å². The molecule has 1 aliphatic heterocycles. The zero-order valence-electron chi connectivity index (χ0n) is 33.5. The largest absolute Gasteiger partial charge is 0.481 e. The maximum absolute atomic E-state index is 13.3. The molecule has 7 atom stereocenters. The summed E-state index contributed by atoms with van der Waals surface area (Å²) in [6.45, 7) is 14.8. The predicted molar refractivity (Wildman–Crippen MR) is 203 cm³/mol. The Morgan fingerprint density at radius 3 is 2.02 bits per heavy atom. The molecule has 0 bridgehead atoms. The van der Waals surface area contributed by atoms with Crippen LogP contribution in [0.2, 0.25) is 0 Å². The molecule has 0 spiro atoms. The highest BCUT2D eigenvalue weighted by atomic mass is 16.5. The lowest BCUT2D eigenvalue weighted by Gasteiger charge is -2.27. The van der Waals surface area contributed by atoms with Crippen LogP contribution in [0.4, 0.5) is 0 Å². The minimum atomic E-state index is -1.03. The van der Waals surface area contributed by atoms with Crippen LogP contribution < -0.4 is 31.9 Å². The third-order valence-electron chi connectivity index (χ3n) is 8.95. The van der Waals surface area contributed by atoms with Crippen molar-refractivity contribution < 1.29 is 48.1 Å². The maximum atomic E-state index is 13.3. The molecule has 0 saturated heterocycles. The molecule has 0 unspecified atom stereocenters. The summed E-state index contributed by atoms with van der Waals surface area (Å²) in [6.07, 6.45) is 3.95. The van der Waals surface area contributed by atoms with Crippen molar-refractivity contribution in [1.29, 1.82) is 0 Å². The molecule has 7 N–H and O–H groups in total. The predicted octanol–water partition coefficient (Wildman–Crippen LogP) is 1.71. The van der Waals surface area contributed by atoms with Crippen LogP contribution in [0.15, 0.2) is 12.2 Å². The number of hydrogen-bond donors (Lipinski definition) is 7. The van der Waals surface area contributed by atoms with Crippen LogP contribution in [0.25, 0.3) is 0 Å². The van der Waals surface area contributed by atoms with E-state index in [9.17, 15) is 38.7 Å². The second-order valence-corrected chi connectivity index (χ2v) is 15.2. The normalized spacial score (nSPS) is 23.7. The van der Waals surface area contributed by atoms with Gasteiger partial charge in [0, 0.05) is 63.2 Å². The van der Waals surface area contributed by atoms with Crippen LogP contribution in [0.5, 0.6) is 0 Å². The van der Waals surface area contributed by atoms with Crippen molar-refractivity contribution in [2.24, 2.45) is 17.8 Å². The molecule has 0 radical (unpaired) electrons. The van der Waals surface area contributed by atoms with Crippen LogP contribution in [0.3, 0.4) is 0 Å². The van der Waals surface area contributed by atoms with E-state index in [0.29, 0.717) is 12.8 Å². The fraction of sp³-hybridized carbons (Fsp3) is 0.763. The third kappa shape index (κ3) is 22.2. The van der Waals surface area contributed by atoms with Gasteiger partial charge in [0.25, 0.3) is 0 Å². The van der Waals surface area contributed by atoms with Gasteiger partial charge in [-0.05, 0) is 31.1 Å². The number of carbonyl (C=O) groups is 7. The van der Waals surface area contributed by atoms with Gasteiger partial charge in [-0.1, -0.05) is 60.1 Å². The Morgan fingerprint density at radius 2 is 1.44 bits per heavy atom. The van der Waals surface area contributed by atoms with Crippen LogP contribution in [0.1, 0.15) is 107 Å². The van der Waals surface area contributed by atoms with E-state index in [1.165, 1.54) is 6.92 Å². The lowest BCUT2D eigenvalue weighted by Crippen LogP contribution is -2.49. The number of rotatable bonds is 14. The molecule has 1 aliphatic rings. The van der Waals surface area contributed by atoms with Crippen molar-refractivity contribution in [3.8, 4) is 0 Å². The van der Waals surface area contributed by atoms with Crippen LogP contribution >= 0.6 is 0 Å². The van der Waals surface area contributed by atoms with Gasteiger partial charge in [-0.2, -0.15) is 0 Å². The van der Waals surface area contributed by atoms with Gasteiger partial charge in [0.1, 0.15) is 0 Å². The minimum absolute atomic E-state index is 0.00569. The molecule has 0 fully saturated rings. The first-order valence-corrected chi connectivity index (χ1v) is 19.1. The number of carboxylic acid groups (broad SMARTS) is 1. The van der Waals surface area contributed by atoms with E-state index < -0.39 is 54.0 Å². The number of aliphatic carboxylic acids is 1. The van der Waals surface area contributed by atoms with Crippen LogP contribution in [-0.4, -0.2) is 109 Å². The standard InChI is InChI=1S/C38H66N6O10/c1-9-25(6)32-20-36(49)39-26(7)15-33(46)42-29(16-34(47)41-28(14-23(2)3)18-38(51)52)21-53-12-10-11-13-54-22-30(17-35(48)44-32)43-37(50)19-31(24(4)5)40-27(8)45/h10-11,23-26,28-32H,9,12-22H2,1-8H3,(H,39,49)(H,40,45)(H,41,47)(H,42,46)(H,43,50)(H,44,48)(H,51,52)/b11-10+/t25-,26-,28+,29+,30+,31+,32+/m0/s1. The Kier molecular flexibility index (Phi) is 23.0.